The van der Waals surface area contributed by atoms with Crippen LogP contribution in [0.3, 0.4) is 0 Å². The molecular weight excluding hydrogens is 270 g/mol. The molecule has 1 N–H and O–H groups in total. The van der Waals surface area contributed by atoms with Crippen LogP contribution in [0, 0.1) is 0 Å². The summed E-state index contributed by atoms with van der Waals surface area (Å²) in [5.41, 5.74) is 0. The van der Waals surface area contributed by atoms with E-state index in [0.29, 0.717) is 6.04 Å². The lowest BCUT2D eigenvalue weighted by molar-refractivity contribution is -0.143. The van der Waals surface area contributed by atoms with Crippen molar-refractivity contribution in [1.82, 2.24) is 4.90 Å². The van der Waals surface area contributed by atoms with E-state index in [1.807, 2.05) is 11.3 Å². The Kier molecular flexibility index (Phi) is 5.61. The van der Waals surface area contributed by atoms with Crippen LogP contribution in [0.2, 0.25) is 0 Å². The monoisotopic (exact) mass is 295 g/mol. The smallest absolute Gasteiger partial charge is 0.320 e. The number of aliphatic carboxylic acids is 1. The van der Waals surface area contributed by atoms with Gasteiger partial charge in [-0.25, -0.2) is 0 Å². The van der Waals surface area contributed by atoms with Crippen molar-refractivity contribution in [2.24, 2.45) is 0 Å². The minimum absolute atomic E-state index is 0.288. The molecule has 2 unspecified atom stereocenters. The second kappa shape index (κ2) is 7.23. The van der Waals surface area contributed by atoms with E-state index in [-0.39, 0.29) is 6.04 Å². The Hall–Kier alpha value is -0.870. The maximum absolute atomic E-state index is 11.4. The van der Waals surface area contributed by atoms with Crippen LogP contribution in [-0.4, -0.2) is 28.6 Å². The molecule has 1 aromatic heterocycles. The van der Waals surface area contributed by atoms with Gasteiger partial charge in [0, 0.05) is 15.8 Å². The predicted octanol–water partition coefficient (Wildman–Crippen LogP) is 4.09. The van der Waals surface area contributed by atoms with Crippen molar-refractivity contribution >= 4 is 17.3 Å². The average Bonchev–Trinajstić information content (AvgIpc) is 3.08. The number of rotatable bonds is 7. The van der Waals surface area contributed by atoms with Crippen molar-refractivity contribution in [2.75, 3.05) is 6.54 Å². The summed E-state index contributed by atoms with van der Waals surface area (Å²) in [6.45, 7) is 5.29. The number of carboxylic acids is 1. The van der Waals surface area contributed by atoms with E-state index in [1.165, 1.54) is 9.75 Å². The molecule has 0 radical (unpaired) electrons. The van der Waals surface area contributed by atoms with Crippen LogP contribution in [-0.2, 0) is 11.2 Å². The van der Waals surface area contributed by atoms with Crippen LogP contribution < -0.4 is 0 Å². The van der Waals surface area contributed by atoms with Crippen molar-refractivity contribution in [3.8, 4) is 0 Å². The highest BCUT2D eigenvalue weighted by atomic mass is 32.1. The molecule has 20 heavy (non-hydrogen) atoms. The van der Waals surface area contributed by atoms with Gasteiger partial charge in [0.1, 0.15) is 6.04 Å². The lowest BCUT2D eigenvalue weighted by atomic mass is 10.1. The molecule has 1 aromatic rings. The van der Waals surface area contributed by atoms with Gasteiger partial charge in [0.15, 0.2) is 0 Å². The first-order chi connectivity index (χ1) is 9.67. The Labute approximate surface area is 125 Å². The average molecular weight is 295 g/mol. The van der Waals surface area contributed by atoms with Gasteiger partial charge in [-0.05, 0) is 44.4 Å². The maximum Gasteiger partial charge on any atom is 0.320 e. The first kappa shape index (κ1) is 15.5. The topological polar surface area (TPSA) is 40.5 Å². The van der Waals surface area contributed by atoms with E-state index in [9.17, 15) is 9.90 Å². The molecule has 3 nitrogen and oxygen atoms in total. The molecule has 4 heteroatoms. The number of carboxylic acid groups (broad SMARTS) is 1. The van der Waals surface area contributed by atoms with Crippen LogP contribution >= 0.6 is 11.3 Å². The fourth-order valence-electron chi connectivity index (χ4n) is 3.06. The van der Waals surface area contributed by atoms with Gasteiger partial charge < -0.3 is 5.11 Å². The first-order valence-electron chi connectivity index (χ1n) is 7.74. The van der Waals surface area contributed by atoms with Crippen molar-refractivity contribution < 1.29 is 9.90 Å². The van der Waals surface area contributed by atoms with Crippen molar-refractivity contribution in [1.29, 1.82) is 0 Å². The van der Waals surface area contributed by atoms with Crippen molar-refractivity contribution in [2.45, 2.75) is 64.5 Å². The van der Waals surface area contributed by atoms with Crippen LogP contribution in [0.1, 0.15) is 61.7 Å². The molecule has 0 bridgehead atoms. The third-order valence-electron chi connectivity index (χ3n) is 4.17. The van der Waals surface area contributed by atoms with Crippen molar-refractivity contribution in [3.05, 3.63) is 21.9 Å². The summed E-state index contributed by atoms with van der Waals surface area (Å²) < 4.78 is 0. The number of hydrogen-bond acceptors (Lipinski definition) is 3. The molecule has 0 spiro atoms. The number of carbonyl (C=O) groups is 1. The summed E-state index contributed by atoms with van der Waals surface area (Å²) in [7, 11) is 0. The normalized spacial score (nSPS) is 21.2. The zero-order valence-electron chi connectivity index (χ0n) is 12.5. The van der Waals surface area contributed by atoms with Gasteiger partial charge in [0.25, 0.3) is 0 Å². The Bertz CT molecular complexity index is 443. The molecule has 112 valence electrons. The highest BCUT2D eigenvalue weighted by Crippen LogP contribution is 2.36. The second-order valence-electron chi connectivity index (χ2n) is 5.55. The maximum atomic E-state index is 11.4. The van der Waals surface area contributed by atoms with Crippen molar-refractivity contribution in [3.63, 3.8) is 0 Å². The number of nitrogens with zero attached hydrogens (tertiary/aromatic N) is 1. The summed E-state index contributed by atoms with van der Waals surface area (Å²) in [5, 5.41) is 9.42. The molecule has 0 aliphatic carbocycles. The molecule has 2 heterocycles. The van der Waals surface area contributed by atoms with E-state index in [4.69, 9.17) is 0 Å². The number of hydrogen-bond donors (Lipinski definition) is 1. The summed E-state index contributed by atoms with van der Waals surface area (Å²) >= 11 is 1.86. The Balaban J connectivity index is 2.20. The molecule has 2 atom stereocenters. The molecular formula is C16H25NO2S. The molecule has 1 aliphatic rings. The van der Waals surface area contributed by atoms with Gasteiger partial charge in [-0.15, -0.1) is 11.3 Å². The van der Waals surface area contributed by atoms with Crippen LogP contribution in [0.5, 0.6) is 0 Å². The van der Waals surface area contributed by atoms with Gasteiger partial charge in [0.05, 0.1) is 0 Å². The summed E-state index contributed by atoms with van der Waals surface area (Å²) in [4.78, 5) is 16.4. The van der Waals surface area contributed by atoms with Crippen LogP contribution in [0.15, 0.2) is 12.1 Å². The quantitative estimate of drug-likeness (QED) is 0.823. The zero-order valence-corrected chi connectivity index (χ0v) is 13.3. The molecule has 1 fully saturated rings. The number of likely N-dealkylation sites (tertiary alicyclic amines) is 1. The third-order valence-corrected chi connectivity index (χ3v) is 5.50. The minimum atomic E-state index is -0.656. The van der Waals surface area contributed by atoms with E-state index in [0.717, 1.165) is 45.1 Å². The molecule has 0 saturated carbocycles. The Morgan fingerprint density at radius 1 is 1.50 bits per heavy atom. The van der Waals surface area contributed by atoms with Gasteiger partial charge in [0.2, 0.25) is 0 Å². The van der Waals surface area contributed by atoms with Crippen LogP contribution in [0.25, 0.3) is 0 Å². The molecule has 1 saturated heterocycles. The third kappa shape index (κ3) is 3.41. The fraction of sp³-hybridized carbons (Fsp3) is 0.688. The van der Waals surface area contributed by atoms with Crippen LogP contribution in [0.4, 0.5) is 0 Å². The van der Waals surface area contributed by atoms with E-state index < -0.39 is 5.97 Å². The van der Waals surface area contributed by atoms with Gasteiger partial charge in [-0.2, -0.15) is 0 Å². The Morgan fingerprint density at radius 2 is 2.30 bits per heavy atom. The second-order valence-corrected chi connectivity index (χ2v) is 6.75. The van der Waals surface area contributed by atoms with Gasteiger partial charge >= 0.3 is 5.97 Å². The fourth-order valence-corrected chi connectivity index (χ4v) is 4.17. The molecule has 1 aliphatic heterocycles. The first-order valence-corrected chi connectivity index (χ1v) is 8.56. The molecule has 2 rings (SSSR count). The number of unbranched alkanes of at least 4 members (excludes halogenated alkanes) is 1. The van der Waals surface area contributed by atoms with E-state index in [1.54, 1.807) is 0 Å². The minimum Gasteiger partial charge on any atom is -0.480 e. The summed E-state index contributed by atoms with van der Waals surface area (Å²) in [6, 6.07) is 4.42. The highest BCUT2D eigenvalue weighted by molar-refractivity contribution is 7.12. The largest absolute Gasteiger partial charge is 0.480 e. The lowest BCUT2D eigenvalue weighted by Gasteiger charge is -2.30. The summed E-state index contributed by atoms with van der Waals surface area (Å²) in [5.74, 6) is -0.656. The number of thiophene rings is 1. The molecule has 0 amide bonds. The lowest BCUT2D eigenvalue weighted by Crippen LogP contribution is -2.38. The zero-order chi connectivity index (χ0) is 14.5. The Morgan fingerprint density at radius 3 is 2.90 bits per heavy atom. The standard InChI is InChI=1S/C16H25NO2S/c1-3-5-7-13(15-10-9-12(4-2)20-15)17-11-6-8-14(17)16(18)19/h9-10,13-14H,3-8,11H2,1-2H3,(H,18,19). The van der Waals surface area contributed by atoms with E-state index in [2.05, 4.69) is 30.9 Å². The summed E-state index contributed by atoms with van der Waals surface area (Å²) in [6.07, 6.45) is 6.26. The van der Waals surface area contributed by atoms with Gasteiger partial charge in [-0.1, -0.05) is 26.7 Å². The number of aryl methyl sites for hydroxylation is 1. The highest BCUT2D eigenvalue weighted by Gasteiger charge is 2.36. The SMILES string of the molecule is CCCCC(c1ccc(CC)s1)N1CCCC1C(=O)O. The predicted molar refractivity (Wildman–Crippen MR) is 83.3 cm³/mol. The van der Waals surface area contributed by atoms with E-state index >= 15 is 0 Å². The van der Waals surface area contributed by atoms with Gasteiger partial charge in [-0.3, -0.25) is 9.69 Å². The molecule has 0 aromatic carbocycles.